The number of aromatic amines is 1. The lowest BCUT2D eigenvalue weighted by atomic mass is 10.2. The van der Waals surface area contributed by atoms with Crippen LogP contribution in [0.25, 0.3) is 16.2 Å². The molecule has 0 atom stereocenters. The maximum absolute atomic E-state index is 6.86. The van der Waals surface area contributed by atoms with E-state index in [2.05, 4.69) is 20.0 Å². The standard InChI is InChI=1S/C10H7ClN4/c1-6-9(11)10(15-14-6)7-4-3-5-8(12-2)13-7/h3-5H,1H3,(H,14,15). The topological polar surface area (TPSA) is 45.9 Å². The van der Waals surface area contributed by atoms with Crippen molar-refractivity contribution >= 4 is 17.4 Å². The van der Waals surface area contributed by atoms with Gasteiger partial charge in [0.05, 0.1) is 10.7 Å². The predicted molar refractivity (Wildman–Crippen MR) is 57.8 cm³/mol. The number of halogens is 1. The van der Waals surface area contributed by atoms with Crippen LogP contribution >= 0.6 is 11.6 Å². The van der Waals surface area contributed by atoms with E-state index < -0.39 is 0 Å². The SMILES string of the molecule is [C-]#[N+]c1cccc(-c2n[nH]c(C)c2Cl)n1. The normalized spacial score (nSPS) is 9.93. The zero-order valence-electron chi connectivity index (χ0n) is 7.95. The van der Waals surface area contributed by atoms with E-state index in [0.29, 0.717) is 22.2 Å². The lowest BCUT2D eigenvalue weighted by Gasteiger charge is -1.93. The highest BCUT2D eigenvalue weighted by molar-refractivity contribution is 6.33. The van der Waals surface area contributed by atoms with Crippen molar-refractivity contribution in [1.29, 1.82) is 0 Å². The molecular weight excluding hydrogens is 212 g/mol. The van der Waals surface area contributed by atoms with Gasteiger partial charge in [0, 0.05) is 0 Å². The van der Waals surface area contributed by atoms with E-state index in [1.54, 1.807) is 18.2 Å². The first kappa shape index (κ1) is 9.69. The van der Waals surface area contributed by atoms with Crippen molar-refractivity contribution in [2.75, 3.05) is 0 Å². The van der Waals surface area contributed by atoms with Crippen molar-refractivity contribution in [3.63, 3.8) is 0 Å². The molecule has 2 heterocycles. The lowest BCUT2D eigenvalue weighted by molar-refractivity contribution is 1.05. The summed E-state index contributed by atoms with van der Waals surface area (Å²) in [6.45, 7) is 8.69. The molecule has 0 saturated carbocycles. The van der Waals surface area contributed by atoms with E-state index in [1.165, 1.54) is 0 Å². The smallest absolute Gasteiger partial charge is 0.270 e. The third kappa shape index (κ3) is 1.69. The summed E-state index contributed by atoms with van der Waals surface area (Å²) < 4.78 is 0. The summed E-state index contributed by atoms with van der Waals surface area (Å²) in [5.74, 6) is 0.337. The summed E-state index contributed by atoms with van der Waals surface area (Å²) in [6, 6.07) is 5.18. The summed E-state index contributed by atoms with van der Waals surface area (Å²) in [5.41, 5.74) is 1.99. The Balaban J connectivity index is 2.55. The van der Waals surface area contributed by atoms with Crippen LogP contribution in [0.5, 0.6) is 0 Å². The number of hydrogen-bond donors (Lipinski definition) is 1. The Labute approximate surface area is 91.7 Å². The maximum Gasteiger partial charge on any atom is 0.270 e. The molecule has 0 unspecified atom stereocenters. The maximum atomic E-state index is 6.86. The predicted octanol–water partition coefficient (Wildman–Crippen LogP) is 2.98. The Morgan fingerprint density at radius 1 is 1.47 bits per heavy atom. The molecule has 2 rings (SSSR count). The lowest BCUT2D eigenvalue weighted by Crippen LogP contribution is -1.83. The van der Waals surface area contributed by atoms with E-state index in [1.807, 2.05) is 6.92 Å². The number of H-pyrrole nitrogens is 1. The molecule has 0 aliphatic heterocycles. The highest BCUT2D eigenvalue weighted by atomic mass is 35.5. The molecule has 0 fully saturated rings. The summed E-state index contributed by atoms with van der Waals surface area (Å²) >= 11 is 6.03. The minimum Gasteiger partial charge on any atom is -0.361 e. The summed E-state index contributed by atoms with van der Waals surface area (Å²) in [7, 11) is 0. The second-order valence-corrected chi connectivity index (χ2v) is 3.38. The Kier molecular flexibility index (Phi) is 2.40. The first-order valence-electron chi connectivity index (χ1n) is 4.27. The molecule has 0 saturated heterocycles. The van der Waals surface area contributed by atoms with Gasteiger partial charge in [-0.15, -0.1) is 4.98 Å². The molecule has 1 N–H and O–H groups in total. The molecule has 74 valence electrons. The number of aryl methyl sites for hydroxylation is 1. The molecule has 0 aliphatic carbocycles. The second kappa shape index (κ2) is 3.71. The number of pyridine rings is 1. The quantitative estimate of drug-likeness (QED) is 0.748. The minimum absolute atomic E-state index is 0.337. The van der Waals surface area contributed by atoms with Gasteiger partial charge in [0.2, 0.25) is 0 Å². The third-order valence-electron chi connectivity index (χ3n) is 1.96. The molecule has 0 spiro atoms. The Morgan fingerprint density at radius 2 is 2.27 bits per heavy atom. The zero-order valence-corrected chi connectivity index (χ0v) is 8.71. The first-order chi connectivity index (χ1) is 7.22. The molecule has 15 heavy (non-hydrogen) atoms. The van der Waals surface area contributed by atoms with Crippen molar-refractivity contribution in [3.8, 4) is 11.4 Å². The average molecular weight is 219 g/mol. The van der Waals surface area contributed by atoms with Gasteiger partial charge in [0.25, 0.3) is 5.82 Å². The molecule has 0 aromatic carbocycles. The molecule has 2 aromatic heterocycles. The molecular formula is C10H7ClN4. The van der Waals surface area contributed by atoms with Crippen LogP contribution in [0.4, 0.5) is 5.82 Å². The Morgan fingerprint density at radius 3 is 2.87 bits per heavy atom. The van der Waals surface area contributed by atoms with Crippen LogP contribution in [-0.2, 0) is 0 Å². The van der Waals surface area contributed by atoms with Crippen molar-refractivity contribution in [2.45, 2.75) is 6.92 Å². The summed E-state index contributed by atoms with van der Waals surface area (Å²) in [5, 5.41) is 7.36. The van der Waals surface area contributed by atoms with Gasteiger partial charge in [-0.1, -0.05) is 24.2 Å². The highest BCUT2D eigenvalue weighted by Gasteiger charge is 2.14. The van der Waals surface area contributed by atoms with Crippen molar-refractivity contribution in [1.82, 2.24) is 15.2 Å². The van der Waals surface area contributed by atoms with Gasteiger partial charge in [0.15, 0.2) is 11.4 Å². The number of nitrogens with one attached hydrogen (secondary N) is 1. The molecule has 0 radical (unpaired) electrons. The summed E-state index contributed by atoms with van der Waals surface area (Å²) in [4.78, 5) is 7.37. The van der Waals surface area contributed by atoms with Gasteiger partial charge in [-0.3, -0.25) is 5.10 Å². The van der Waals surface area contributed by atoms with Crippen LogP contribution in [0.3, 0.4) is 0 Å². The molecule has 4 nitrogen and oxygen atoms in total. The zero-order chi connectivity index (χ0) is 10.8. The molecule has 0 amide bonds. The minimum atomic E-state index is 0.337. The van der Waals surface area contributed by atoms with Gasteiger partial charge in [-0.25, -0.2) is 0 Å². The van der Waals surface area contributed by atoms with Gasteiger partial charge >= 0.3 is 0 Å². The average Bonchev–Trinajstić information content (AvgIpc) is 2.60. The largest absolute Gasteiger partial charge is 0.361 e. The number of nitrogens with zero attached hydrogens (tertiary/aromatic N) is 3. The second-order valence-electron chi connectivity index (χ2n) is 3.00. The van der Waals surface area contributed by atoms with E-state index in [4.69, 9.17) is 18.2 Å². The van der Waals surface area contributed by atoms with E-state index >= 15 is 0 Å². The van der Waals surface area contributed by atoms with E-state index in [9.17, 15) is 0 Å². The van der Waals surface area contributed by atoms with E-state index in [-0.39, 0.29) is 0 Å². The van der Waals surface area contributed by atoms with E-state index in [0.717, 1.165) is 5.69 Å². The highest BCUT2D eigenvalue weighted by Crippen LogP contribution is 2.27. The van der Waals surface area contributed by atoms with Crippen LogP contribution in [0, 0.1) is 13.5 Å². The Bertz CT molecular complexity index is 539. The molecule has 5 heteroatoms. The Hall–Kier alpha value is -1.86. The van der Waals surface area contributed by atoms with Gasteiger partial charge in [-0.05, 0) is 19.1 Å². The van der Waals surface area contributed by atoms with Gasteiger partial charge in [-0.2, -0.15) is 5.10 Å². The van der Waals surface area contributed by atoms with Crippen molar-refractivity contribution in [3.05, 3.63) is 40.3 Å². The fourth-order valence-electron chi connectivity index (χ4n) is 1.20. The van der Waals surface area contributed by atoms with Crippen LogP contribution < -0.4 is 0 Å². The number of hydrogen-bond acceptors (Lipinski definition) is 2. The monoisotopic (exact) mass is 218 g/mol. The van der Waals surface area contributed by atoms with Crippen molar-refractivity contribution < 1.29 is 0 Å². The van der Waals surface area contributed by atoms with Crippen LogP contribution in [0.1, 0.15) is 5.69 Å². The molecule has 2 aromatic rings. The summed E-state index contributed by atoms with van der Waals surface area (Å²) in [6.07, 6.45) is 0. The number of rotatable bonds is 1. The third-order valence-corrected chi connectivity index (χ3v) is 2.43. The first-order valence-corrected chi connectivity index (χ1v) is 4.65. The van der Waals surface area contributed by atoms with Gasteiger partial charge < -0.3 is 4.85 Å². The molecule has 0 aliphatic rings. The fraction of sp³-hybridized carbons (Fsp3) is 0.100. The van der Waals surface area contributed by atoms with Crippen molar-refractivity contribution in [2.24, 2.45) is 0 Å². The fourth-order valence-corrected chi connectivity index (χ4v) is 1.38. The van der Waals surface area contributed by atoms with Crippen LogP contribution in [0.2, 0.25) is 5.02 Å². The molecule has 0 bridgehead atoms. The number of aromatic nitrogens is 3. The van der Waals surface area contributed by atoms with Crippen LogP contribution in [-0.4, -0.2) is 15.2 Å². The van der Waals surface area contributed by atoms with Crippen LogP contribution in [0.15, 0.2) is 18.2 Å². The van der Waals surface area contributed by atoms with Gasteiger partial charge in [0.1, 0.15) is 0 Å².